The molecule has 0 aliphatic rings. The monoisotopic (exact) mass is 409 g/mol. The number of hydrogen-bond acceptors (Lipinski definition) is 4. The number of rotatable bonds is 6. The van der Waals surface area contributed by atoms with E-state index in [2.05, 4.69) is 31.9 Å². The predicted molar refractivity (Wildman–Crippen MR) is 96.9 cm³/mol. The molecule has 1 heterocycles. The van der Waals surface area contributed by atoms with Crippen LogP contribution in [0.2, 0.25) is 0 Å². The van der Waals surface area contributed by atoms with Crippen LogP contribution >= 0.6 is 27.3 Å². The molecule has 2 rings (SSSR count). The Kier molecular flexibility index (Phi) is 6.51. The van der Waals surface area contributed by atoms with Crippen molar-refractivity contribution in [3.63, 3.8) is 0 Å². The van der Waals surface area contributed by atoms with Crippen molar-refractivity contribution in [3.05, 3.63) is 50.6 Å². The third-order valence-corrected chi connectivity index (χ3v) is 4.55. The van der Waals surface area contributed by atoms with Gasteiger partial charge in [0.05, 0.1) is 18.0 Å². The summed E-state index contributed by atoms with van der Waals surface area (Å²) in [4.78, 5) is 36.1. The summed E-state index contributed by atoms with van der Waals surface area (Å²) in [6.45, 7) is 1.70. The van der Waals surface area contributed by atoms with Gasteiger partial charge in [-0.25, -0.2) is 0 Å². The van der Waals surface area contributed by atoms with Crippen molar-refractivity contribution in [1.82, 2.24) is 10.6 Å². The van der Waals surface area contributed by atoms with Gasteiger partial charge in [-0.1, -0.05) is 15.9 Å². The fraction of sp³-hybridized carbons (Fsp3) is 0.188. The summed E-state index contributed by atoms with van der Waals surface area (Å²) < 4.78 is 0.918. The molecular formula is C16H16BrN3O3S. The lowest BCUT2D eigenvalue weighted by Gasteiger charge is -2.06. The van der Waals surface area contributed by atoms with Crippen LogP contribution in [0.5, 0.6) is 0 Å². The quantitative estimate of drug-likeness (QED) is 0.684. The highest BCUT2D eigenvalue weighted by Crippen LogP contribution is 2.16. The van der Waals surface area contributed by atoms with Gasteiger partial charge in [-0.2, -0.15) is 0 Å². The van der Waals surface area contributed by atoms with Crippen LogP contribution < -0.4 is 16.0 Å². The number of halogens is 1. The molecule has 3 N–H and O–H groups in total. The maximum atomic E-state index is 12.0. The normalized spacial score (nSPS) is 10.1. The molecule has 0 aliphatic carbocycles. The van der Waals surface area contributed by atoms with Crippen LogP contribution in [-0.4, -0.2) is 24.3 Å². The predicted octanol–water partition coefficient (Wildman–Crippen LogP) is 2.52. The molecule has 1 aromatic carbocycles. The summed E-state index contributed by atoms with van der Waals surface area (Å²) >= 11 is 4.59. The molecular weight excluding hydrogens is 394 g/mol. The molecule has 1 aromatic heterocycles. The van der Waals surface area contributed by atoms with Crippen molar-refractivity contribution in [2.45, 2.75) is 13.5 Å². The van der Waals surface area contributed by atoms with Crippen molar-refractivity contribution in [2.75, 3.05) is 11.9 Å². The highest BCUT2D eigenvalue weighted by Gasteiger charge is 2.11. The number of benzene rings is 1. The minimum Gasteiger partial charge on any atom is -0.351 e. The van der Waals surface area contributed by atoms with E-state index in [4.69, 9.17) is 0 Å². The number of hydrogen-bond donors (Lipinski definition) is 3. The van der Waals surface area contributed by atoms with Gasteiger partial charge < -0.3 is 16.0 Å². The Balaban J connectivity index is 1.80. The van der Waals surface area contributed by atoms with Crippen LogP contribution in [0.15, 0.2) is 40.9 Å². The van der Waals surface area contributed by atoms with Gasteiger partial charge in [0.15, 0.2) is 0 Å². The van der Waals surface area contributed by atoms with E-state index in [0.29, 0.717) is 17.1 Å². The van der Waals surface area contributed by atoms with E-state index in [1.807, 2.05) is 12.1 Å². The van der Waals surface area contributed by atoms with E-state index in [1.54, 1.807) is 24.3 Å². The van der Waals surface area contributed by atoms with Gasteiger partial charge in [-0.3, -0.25) is 14.4 Å². The second-order valence-electron chi connectivity index (χ2n) is 4.91. The molecule has 0 atom stereocenters. The first-order chi connectivity index (χ1) is 11.4. The highest BCUT2D eigenvalue weighted by molar-refractivity contribution is 9.10. The van der Waals surface area contributed by atoms with Crippen molar-refractivity contribution in [2.24, 2.45) is 0 Å². The molecule has 3 amide bonds. The summed E-state index contributed by atoms with van der Waals surface area (Å²) in [5, 5.41) is 7.93. The lowest BCUT2D eigenvalue weighted by molar-refractivity contribution is -0.119. The maximum Gasteiger partial charge on any atom is 0.261 e. The molecule has 0 spiro atoms. The maximum absolute atomic E-state index is 12.0. The lowest BCUT2D eigenvalue weighted by Crippen LogP contribution is -2.32. The Bertz CT molecular complexity index is 743. The Morgan fingerprint density at radius 1 is 1.04 bits per heavy atom. The van der Waals surface area contributed by atoms with Gasteiger partial charge in [0.25, 0.3) is 5.91 Å². The second kappa shape index (κ2) is 8.60. The lowest BCUT2D eigenvalue weighted by atomic mass is 10.3. The average Bonchev–Trinajstić information content (AvgIpc) is 3.02. The van der Waals surface area contributed by atoms with E-state index in [0.717, 1.165) is 9.35 Å². The number of amides is 3. The van der Waals surface area contributed by atoms with Gasteiger partial charge in [-0.05, 0) is 36.4 Å². The number of carbonyl (C=O) groups excluding carboxylic acids is 3. The van der Waals surface area contributed by atoms with Gasteiger partial charge >= 0.3 is 0 Å². The zero-order valence-corrected chi connectivity index (χ0v) is 15.3. The van der Waals surface area contributed by atoms with Gasteiger partial charge in [0, 0.05) is 22.0 Å². The fourth-order valence-electron chi connectivity index (χ4n) is 1.79. The number of thiophene rings is 1. The Morgan fingerprint density at radius 2 is 1.75 bits per heavy atom. The SMILES string of the molecule is CC(=O)NCc1ccc(C(=O)NCC(=O)Nc2ccc(Br)cc2)s1. The first-order valence-electron chi connectivity index (χ1n) is 7.11. The fourth-order valence-corrected chi connectivity index (χ4v) is 2.92. The Hall–Kier alpha value is -2.19. The number of carbonyl (C=O) groups is 3. The molecule has 0 saturated carbocycles. The smallest absolute Gasteiger partial charge is 0.261 e. The molecule has 0 saturated heterocycles. The summed E-state index contributed by atoms with van der Waals surface area (Å²) in [6, 6.07) is 10.6. The zero-order chi connectivity index (χ0) is 17.5. The topological polar surface area (TPSA) is 87.3 Å². The Morgan fingerprint density at radius 3 is 2.42 bits per heavy atom. The van der Waals surface area contributed by atoms with Crippen molar-refractivity contribution in [3.8, 4) is 0 Å². The van der Waals surface area contributed by atoms with Crippen LogP contribution in [-0.2, 0) is 16.1 Å². The van der Waals surface area contributed by atoms with Crippen LogP contribution in [0.1, 0.15) is 21.5 Å². The standard InChI is InChI=1S/C16H16BrN3O3S/c1-10(21)18-8-13-6-7-14(24-13)16(23)19-9-15(22)20-12-4-2-11(17)3-5-12/h2-7H,8-9H2,1H3,(H,18,21)(H,19,23)(H,20,22). The van der Waals surface area contributed by atoms with Crippen LogP contribution in [0.25, 0.3) is 0 Å². The van der Waals surface area contributed by atoms with E-state index < -0.39 is 0 Å². The molecule has 8 heteroatoms. The molecule has 24 heavy (non-hydrogen) atoms. The van der Waals surface area contributed by atoms with Crippen molar-refractivity contribution >= 4 is 50.7 Å². The third kappa shape index (κ3) is 5.78. The third-order valence-electron chi connectivity index (χ3n) is 2.93. The molecule has 126 valence electrons. The first-order valence-corrected chi connectivity index (χ1v) is 8.72. The largest absolute Gasteiger partial charge is 0.351 e. The summed E-state index contributed by atoms with van der Waals surface area (Å²) in [7, 11) is 0. The highest BCUT2D eigenvalue weighted by atomic mass is 79.9. The zero-order valence-electron chi connectivity index (χ0n) is 12.9. The van der Waals surface area contributed by atoms with Crippen molar-refractivity contribution in [1.29, 1.82) is 0 Å². The summed E-state index contributed by atoms with van der Waals surface area (Å²) in [5.41, 5.74) is 0.658. The summed E-state index contributed by atoms with van der Waals surface area (Å²) in [5.74, 6) is -0.750. The molecule has 0 fully saturated rings. The van der Waals surface area contributed by atoms with Crippen LogP contribution in [0, 0.1) is 0 Å². The van der Waals surface area contributed by atoms with Gasteiger partial charge in [-0.15, -0.1) is 11.3 Å². The minimum absolute atomic E-state index is 0.117. The first kappa shape index (κ1) is 18.2. The van der Waals surface area contributed by atoms with E-state index in [1.165, 1.54) is 18.3 Å². The average molecular weight is 410 g/mol. The number of nitrogens with one attached hydrogen (secondary N) is 3. The molecule has 0 radical (unpaired) electrons. The molecule has 0 unspecified atom stereocenters. The van der Waals surface area contributed by atoms with Crippen LogP contribution in [0.3, 0.4) is 0 Å². The van der Waals surface area contributed by atoms with E-state index in [-0.39, 0.29) is 24.3 Å². The van der Waals surface area contributed by atoms with Gasteiger partial charge in [0.1, 0.15) is 0 Å². The summed E-state index contributed by atoms with van der Waals surface area (Å²) in [6.07, 6.45) is 0. The number of anilines is 1. The van der Waals surface area contributed by atoms with Crippen LogP contribution in [0.4, 0.5) is 5.69 Å². The minimum atomic E-state index is -0.319. The van der Waals surface area contributed by atoms with Gasteiger partial charge in [0.2, 0.25) is 11.8 Å². The molecule has 0 aliphatic heterocycles. The second-order valence-corrected chi connectivity index (χ2v) is 7.00. The molecule has 0 bridgehead atoms. The molecule has 2 aromatic rings. The van der Waals surface area contributed by atoms with E-state index >= 15 is 0 Å². The Labute approximate surface area is 151 Å². The van der Waals surface area contributed by atoms with Crippen molar-refractivity contribution < 1.29 is 14.4 Å². The van der Waals surface area contributed by atoms with E-state index in [9.17, 15) is 14.4 Å². The molecule has 6 nitrogen and oxygen atoms in total.